The normalized spacial score (nSPS) is 16.9. The Bertz CT molecular complexity index is 466. The van der Waals surface area contributed by atoms with Crippen LogP contribution in [0.2, 0.25) is 0 Å². The molecule has 4 heteroatoms. The fraction of sp³-hybridized carbons (Fsp3) is 0.562. The van der Waals surface area contributed by atoms with Crippen LogP contribution in [-0.4, -0.2) is 43.6 Å². The summed E-state index contributed by atoms with van der Waals surface area (Å²) in [6.45, 7) is 6.19. The molecule has 0 spiro atoms. The van der Waals surface area contributed by atoms with Crippen molar-refractivity contribution in [2.24, 2.45) is 0 Å². The first kappa shape index (κ1) is 14.9. The highest BCUT2D eigenvalue weighted by Gasteiger charge is 2.18. The van der Waals surface area contributed by atoms with Crippen LogP contribution in [0.4, 0.5) is 0 Å². The largest absolute Gasteiger partial charge is 0.483 e. The Morgan fingerprint density at radius 1 is 1.35 bits per heavy atom. The number of benzene rings is 1. The zero-order valence-corrected chi connectivity index (χ0v) is 12.6. The van der Waals surface area contributed by atoms with E-state index in [1.807, 2.05) is 32.0 Å². The summed E-state index contributed by atoms with van der Waals surface area (Å²) >= 11 is 0. The molecule has 20 heavy (non-hydrogen) atoms. The molecule has 1 amide bonds. The van der Waals surface area contributed by atoms with Crippen molar-refractivity contribution in [2.45, 2.75) is 32.7 Å². The molecule has 0 aromatic heterocycles. The zero-order chi connectivity index (χ0) is 14.5. The van der Waals surface area contributed by atoms with E-state index in [9.17, 15) is 4.79 Å². The van der Waals surface area contributed by atoms with E-state index in [4.69, 9.17) is 4.74 Å². The van der Waals surface area contributed by atoms with Crippen LogP contribution in [0, 0.1) is 13.8 Å². The fourth-order valence-electron chi connectivity index (χ4n) is 2.43. The summed E-state index contributed by atoms with van der Waals surface area (Å²) in [6, 6.07) is 6.32. The molecule has 1 saturated heterocycles. The van der Waals surface area contributed by atoms with E-state index in [2.05, 4.69) is 17.3 Å². The van der Waals surface area contributed by atoms with Gasteiger partial charge in [0.1, 0.15) is 5.75 Å². The number of nitrogens with zero attached hydrogens (tertiary/aromatic N) is 1. The summed E-state index contributed by atoms with van der Waals surface area (Å²) < 4.78 is 5.62. The Balaban J connectivity index is 1.79. The van der Waals surface area contributed by atoms with Crippen LogP contribution in [0.5, 0.6) is 5.75 Å². The maximum Gasteiger partial charge on any atom is 0.258 e. The predicted octanol–water partition coefficient (Wildman–Crippen LogP) is 1.89. The summed E-state index contributed by atoms with van der Waals surface area (Å²) in [5.74, 6) is 0.768. The van der Waals surface area contributed by atoms with Crippen molar-refractivity contribution in [1.82, 2.24) is 10.2 Å². The lowest BCUT2D eigenvalue weighted by Gasteiger charge is -2.29. The third kappa shape index (κ3) is 4.23. The minimum atomic E-state index is -0.0274. The molecule has 0 unspecified atom stereocenters. The van der Waals surface area contributed by atoms with E-state index in [1.54, 1.807) is 0 Å². The lowest BCUT2D eigenvalue weighted by Crippen LogP contribution is -2.44. The number of rotatable bonds is 4. The standard InChI is InChI=1S/C16H24N2O2/c1-12-4-5-13(2)15(10-12)20-11-16(19)17-14-6-8-18(3)9-7-14/h4-5,10,14H,6-9,11H2,1-3H3,(H,17,19). The molecule has 0 bridgehead atoms. The lowest BCUT2D eigenvalue weighted by atomic mass is 10.1. The van der Waals surface area contributed by atoms with Gasteiger partial charge < -0.3 is 15.0 Å². The maximum atomic E-state index is 11.9. The number of carbonyl (C=O) groups is 1. The van der Waals surface area contributed by atoms with Crippen LogP contribution in [0.1, 0.15) is 24.0 Å². The second-order valence-corrected chi connectivity index (χ2v) is 5.70. The smallest absolute Gasteiger partial charge is 0.258 e. The first-order chi connectivity index (χ1) is 9.54. The average Bonchev–Trinajstić information content (AvgIpc) is 2.42. The Hall–Kier alpha value is -1.55. The van der Waals surface area contributed by atoms with Gasteiger partial charge in [0.25, 0.3) is 5.91 Å². The molecular weight excluding hydrogens is 252 g/mol. The van der Waals surface area contributed by atoms with Crippen molar-refractivity contribution in [3.05, 3.63) is 29.3 Å². The maximum absolute atomic E-state index is 11.9. The Morgan fingerprint density at radius 2 is 2.05 bits per heavy atom. The lowest BCUT2D eigenvalue weighted by molar-refractivity contribution is -0.124. The quantitative estimate of drug-likeness (QED) is 0.913. The number of likely N-dealkylation sites (tertiary alicyclic amines) is 1. The van der Waals surface area contributed by atoms with Gasteiger partial charge in [0.2, 0.25) is 0 Å². The van der Waals surface area contributed by atoms with Crippen molar-refractivity contribution >= 4 is 5.91 Å². The number of nitrogens with one attached hydrogen (secondary N) is 1. The van der Waals surface area contributed by atoms with Crippen LogP contribution in [-0.2, 0) is 4.79 Å². The summed E-state index contributed by atoms with van der Waals surface area (Å²) in [4.78, 5) is 14.2. The summed E-state index contributed by atoms with van der Waals surface area (Å²) in [5, 5.41) is 3.05. The number of piperidine rings is 1. The number of amides is 1. The highest BCUT2D eigenvalue weighted by atomic mass is 16.5. The molecule has 110 valence electrons. The average molecular weight is 276 g/mol. The molecule has 2 rings (SSSR count). The van der Waals surface area contributed by atoms with Crippen LogP contribution < -0.4 is 10.1 Å². The minimum absolute atomic E-state index is 0.0274. The van der Waals surface area contributed by atoms with Crippen molar-refractivity contribution < 1.29 is 9.53 Å². The third-order valence-electron chi connectivity index (χ3n) is 3.79. The topological polar surface area (TPSA) is 41.6 Å². The van der Waals surface area contributed by atoms with E-state index in [1.165, 1.54) is 0 Å². The SMILES string of the molecule is Cc1ccc(C)c(OCC(=O)NC2CCN(C)CC2)c1. The van der Waals surface area contributed by atoms with Crippen molar-refractivity contribution in [3.8, 4) is 5.75 Å². The van der Waals surface area contributed by atoms with Gasteiger partial charge in [0, 0.05) is 6.04 Å². The van der Waals surface area contributed by atoms with E-state index < -0.39 is 0 Å². The first-order valence-corrected chi connectivity index (χ1v) is 7.22. The molecule has 0 radical (unpaired) electrons. The highest BCUT2D eigenvalue weighted by molar-refractivity contribution is 5.77. The number of hydrogen-bond donors (Lipinski definition) is 1. The van der Waals surface area contributed by atoms with Gasteiger partial charge in [-0.05, 0) is 64.0 Å². The monoisotopic (exact) mass is 276 g/mol. The van der Waals surface area contributed by atoms with Crippen molar-refractivity contribution in [1.29, 1.82) is 0 Å². The molecule has 1 aliphatic rings. The molecule has 1 N–H and O–H groups in total. The number of ether oxygens (including phenoxy) is 1. The first-order valence-electron chi connectivity index (χ1n) is 7.22. The zero-order valence-electron chi connectivity index (χ0n) is 12.6. The number of carbonyl (C=O) groups excluding carboxylic acids is 1. The predicted molar refractivity (Wildman–Crippen MR) is 80.1 cm³/mol. The molecule has 1 aromatic carbocycles. The van der Waals surface area contributed by atoms with Crippen LogP contribution in [0.25, 0.3) is 0 Å². The van der Waals surface area contributed by atoms with Crippen molar-refractivity contribution in [2.75, 3.05) is 26.7 Å². The third-order valence-corrected chi connectivity index (χ3v) is 3.79. The molecule has 4 nitrogen and oxygen atoms in total. The number of aryl methyl sites for hydroxylation is 2. The summed E-state index contributed by atoms with van der Waals surface area (Å²) in [7, 11) is 2.11. The fourth-order valence-corrected chi connectivity index (χ4v) is 2.43. The number of hydrogen-bond acceptors (Lipinski definition) is 3. The van der Waals surface area contributed by atoms with Gasteiger partial charge in [-0.1, -0.05) is 12.1 Å². The van der Waals surface area contributed by atoms with Gasteiger partial charge in [-0.15, -0.1) is 0 Å². The van der Waals surface area contributed by atoms with E-state index in [0.717, 1.165) is 42.8 Å². The molecule has 1 heterocycles. The van der Waals surface area contributed by atoms with Gasteiger partial charge >= 0.3 is 0 Å². The van der Waals surface area contributed by atoms with E-state index >= 15 is 0 Å². The second-order valence-electron chi connectivity index (χ2n) is 5.70. The van der Waals surface area contributed by atoms with Gasteiger partial charge in [0.15, 0.2) is 6.61 Å². The Kier molecular flexibility index (Phi) is 5.01. The van der Waals surface area contributed by atoms with Crippen LogP contribution in [0.15, 0.2) is 18.2 Å². The highest BCUT2D eigenvalue weighted by Crippen LogP contribution is 2.18. The van der Waals surface area contributed by atoms with Crippen LogP contribution in [0.3, 0.4) is 0 Å². The molecule has 0 saturated carbocycles. The van der Waals surface area contributed by atoms with Crippen molar-refractivity contribution in [3.63, 3.8) is 0 Å². The van der Waals surface area contributed by atoms with E-state index in [0.29, 0.717) is 6.04 Å². The van der Waals surface area contributed by atoms with Gasteiger partial charge in [-0.25, -0.2) is 0 Å². The van der Waals surface area contributed by atoms with E-state index in [-0.39, 0.29) is 12.5 Å². The molecule has 1 aromatic rings. The Morgan fingerprint density at radius 3 is 2.75 bits per heavy atom. The summed E-state index contributed by atoms with van der Waals surface area (Å²) in [5.41, 5.74) is 2.20. The van der Waals surface area contributed by atoms with Crippen LogP contribution >= 0.6 is 0 Å². The molecule has 1 fully saturated rings. The minimum Gasteiger partial charge on any atom is -0.483 e. The molecule has 0 atom stereocenters. The van der Waals surface area contributed by atoms with Gasteiger partial charge in [0.05, 0.1) is 0 Å². The van der Waals surface area contributed by atoms with Gasteiger partial charge in [-0.3, -0.25) is 4.79 Å². The molecule has 1 aliphatic heterocycles. The molecular formula is C16H24N2O2. The second kappa shape index (κ2) is 6.75. The molecule has 0 aliphatic carbocycles. The Labute approximate surface area is 121 Å². The summed E-state index contributed by atoms with van der Waals surface area (Å²) in [6.07, 6.45) is 2.04. The van der Waals surface area contributed by atoms with Gasteiger partial charge in [-0.2, -0.15) is 0 Å².